The van der Waals surface area contributed by atoms with Crippen LogP contribution < -0.4 is 4.74 Å². The van der Waals surface area contributed by atoms with Gasteiger partial charge in [0.25, 0.3) is 0 Å². The van der Waals surface area contributed by atoms with Gasteiger partial charge in [0, 0.05) is 25.1 Å². The zero-order chi connectivity index (χ0) is 18.1. The van der Waals surface area contributed by atoms with Crippen molar-refractivity contribution in [3.63, 3.8) is 0 Å². The predicted molar refractivity (Wildman–Crippen MR) is 95.8 cm³/mol. The topological polar surface area (TPSA) is 66.8 Å². The van der Waals surface area contributed by atoms with E-state index in [-0.39, 0.29) is 30.1 Å². The van der Waals surface area contributed by atoms with E-state index in [1.165, 1.54) is 4.90 Å². The summed E-state index contributed by atoms with van der Waals surface area (Å²) in [6, 6.07) is 3.12. The fourth-order valence-electron chi connectivity index (χ4n) is 3.88. The molecule has 1 aromatic rings. The number of halogens is 2. The van der Waals surface area contributed by atoms with Crippen LogP contribution in [0.2, 0.25) is 10.0 Å². The Labute approximate surface area is 156 Å². The summed E-state index contributed by atoms with van der Waals surface area (Å²) in [6.45, 7) is 4.88. The molecule has 0 spiro atoms. The second kappa shape index (κ2) is 7.26. The van der Waals surface area contributed by atoms with E-state index in [1.54, 1.807) is 18.2 Å². The minimum absolute atomic E-state index is 0.0195. The van der Waals surface area contributed by atoms with E-state index in [0.717, 1.165) is 0 Å². The van der Waals surface area contributed by atoms with Crippen molar-refractivity contribution in [1.82, 2.24) is 4.90 Å². The van der Waals surface area contributed by atoms with Crippen LogP contribution in [0.1, 0.15) is 23.2 Å². The minimum Gasteiger partial charge on any atom is -0.489 e. The van der Waals surface area contributed by atoms with Crippen LogP contribution in [0.3, 0.4) is 0 Å². The maximum Gasteiger partial charge on any atom is 0.407 e. The Hall–Kier alpha value is -1.72. The van der Waals surface area contributed by atoms with Crippen molar-refractivity contribution in [3.05, 3.63) is 40.4 Å². The molecule has 1 amide bonds. The lowest BCUT2D eigenvalue weighted by atomic mass is 9.94. The van der Waals surface area contributed by atoms with Crippen molar-refractivity contribution in [2.75, 3.05) is 19.7 Å². The SMILES string of the molecule is C=CCOc1cc(Cl)c(Cl)cc1C(=O)[C@@H]1C[C@@H]2CN(C(=O)O)C[C@@H]2C1. The molecule has 1 aromatic carbocycles. The number of ketones is 1. The first-order valence-corrected chi connectivity index (χ1v) is 8.91. The molecular weight excluding hydrogens is 365 g/mol. The summed E-state index contributed by atoms with van der Waals surface area (Å²) in [5, 5.41) is 9.75. The number of carboxylic acid groups (broad SMARTS) is 1. The van der Waals surface area contributed by atoms with E-state index in [0.29, 0.717) is 47.3 Å². The molecule has 5 nitrogen and oxygen atoms in total. The molecule has 1 N–H and O–H groups in total. The largest absolute Gasteiger partial charge is 0.489 e. The van der Waals surface area contributed by atoms with Gasteiger partial charge in [-0.25, -0.2) is 4.79 Å². The van der Waals surface area contributed by atoms with Crippen molar-refractivity contribution in [3.8, 4) is 5.75 Å². The summed E-state index contributed by atoms with van der Waals surface area (Å²) in [5.41, 5.74) is 0.427. The third kappa shape index (κ3) is 3.62. The number of rotatable bonds is 5. The van der Waals surface area contributed by atoms with E-state index < -0.39 is 6.09 Å². The number of carbonyl (C=O) groups is 2. The molecule has 2 fully saturated rings. The lowest BCUT2D eigenvalue weighted by Crippen LogP contribution is -2.28. The van der Waals surface area contributed by atoms with Crippen LogP contribution in [0, 0.1) is 17.8 Å². The van der Waals surface area contributed by atoms with Gasteiger partial charge in [0.1, 0.15) is 12.4 Å². The molecule has 1 saturated heterocycles. The lowest BCUT2D eigenvalue weighted by Gasteiger charge is -2.17. The molecule has 7 heteroatoms. The molecule has 2 aliphatic rings. The highest BCUT2D eigenvalue weighted by molar-refractivity contribution is 6.42. The van der Waals surface area contributed by atoms with E-state index in [2.05, 4.69) is 6.58 Å². The number of benzene rings is 1. The number of hydrogen-bond acceptors (Lipinski definition) is 3. The zero-order valence-corrected chi connectivity index (χ0v) is 15.1. The zero-order valence-electron chi connectivity index (χ0n) is 13.6. The number of carbonyl (C=O) groups excluding carboxylic acids is 1. The second-order valence-corrected chi connectivity index (χ2v) is 7.42. The number of ether oxygens (including phenoxy) is 1. The maximum atomic E-state index is 13.0. The Morgan fingerprint density at radius 1 is 1.24 bits per heavy atom. The molecule has 134 valence electrons. The number of likely N-dealkylation sites (tertiary alicyclic amines) is 1. The molecule has 0 unspecified atom stereocenters. The molecule has 1 aliphatic heterocycles. The van der Waals surface area contributed by atoms with Gasteiger partial charge >= 0.3 is 6.09 Å². The Morgan fingerprint density at radius 3 is 2.40 bits per heavy atom. The second-order valence-electron chi connectivity index (χ2n) is 6.60. The van der Waals surface area contributed by atoms with Crippen LogP contribution in [0.4, 0.5) is 4.79 Å². The van der Waals surface area contributed by atoms with Crippen LogP contribution in [0.15, 0.2) is 24.8 Å². The van der Waals surface area contributed by atoms with Gasteiger partial charge in [-0.2, -0.15) is 0 Å². The van der Waals surface area contributed by atoms with Gasteiger partial charge in [-0.3, -0.25) is 4.79 Å². The summed E-state index contributed by atoms with van der Waals surface area (Å²) in [7, 11) is 0. The van der Waals surface area contributed by atoms with Gasteiger partial charge in [-0.15, -0.1) is 0 Å². The fourth-order valence-corrected chi connectivity index (χ4v) is 4.20. The van der Waals surface area contributed by atoms with E-state index in [4.69, 9.17) is 33.0 Å². The van der Waals surface area contributed by atoms with Gasteiger partial charge < -0.3 is 14.7 Å². The predicted octanol–water partition coefficient (Wildman–Crippen LogP) is 4.38. The molecular formula is C18H19Cl2NO4. The Bertz CT molecular complexity index is 707. The average molecular weight is 384 g/mol. The Balaban J connectivity index is 1.77. The van der Waals surface area contributed by atoms with Crippen molar-refractivity contribution >= 4 is 35.1 Å². The van der Waals surface area contributed by atoms with Crippen LogP contribution >= 0.6 is 23.2 Å². The van der Waals surface area contributed by atoms with Gasteiger partial charge in [-0.05, 0) is 30.7 Å². The molecule has 1 aliphatic carbocycles. The molecule has 3 atom stereocenters. The lowest BCUT2D eigenvalue weighted by molar-refractivity contribution is 0.0910. The number of nitrogens with zero attached hydrogens (tertiary/aromatic N) is 1. The van der Waals surface area contributed by atoms with Crippen LogP contribution in [0.25, 0.3) is 0 Å². The highest BCUT2D eigenvalue weighted by Gasteiger charge is 2.45. The molecule has 0 radical (unpaired) electrons. The van der Waals surface area contributed by atoms with Gasteiger partial charge in [0.2, 0.25) is 0 Å². The van der Waals surface area contributed by atoms with Crippen molar-refractivity contribution in [1.29, 1.82) is 0 Å². The minimum atomic E-state index is -0.887. The standard InChI is InChI=1S/C18H19Cl2NO4/c1-2-3-25-16-7-15(20)14(19)6-13(16)17(22)10-4-11-8-21(18(23)24)9-12(11)5-10/h2,6-7,10-12H,1,3-5,8-9H2,(H,23,24)/t10-,11-,12+. The third-order valence-electron chi connectivity index (χ3n) is 5.04. The third-order valence-corrected chi connectivity index (χ3v) is 5.76. The van der Waals surface area contributed by atoms with E-state index in [9.17, 15) is 9.59 Å². The highest BCUT2D eigenvalue weighted by atomic mass is 35.5. The first-order valence-electron chi connectivity index (χ1n) is 8.15. The maximum absolute atomic E-state index is 13.0. The van der Waals surface area contributed by atoms with Crippen molar-refractivity contribution in [2.45, 2.75) is 12.8 Å². The number of hydrogen-bond donors (Lipinski definition) is 1. The average Bonchev–Trinajstić information content (AvgIpc) is 3.13. The number of amides is 1. The molecule has 0 aromatic heterocycles. The first kappa shape index (κ1) is 18.1. The van der Waals surface area contributed by atoms with Gasteiger partial charge in [0.05, 0.1) is 15.6 Å². The highest BCUT2D eigenvalue weighted by Crippen LogP contribution is 2.44. The van der Waals surface area contributed by atoms with Crippen LogP contribution in [0.5, 0.6) is 5.75 Å². The van der Waals surface area contributed by atoms with E-state index >= 15 is 0 Å². The van der Waals surface area contributed by atoms with Crippen LogP contribution in [-0.4, -0.2) is 41.6 Å². The number of fused-ring (bicyclic) bond motifs is 1. The summed E-state index contributed by atoms with van der Waals surface area (Å²) >= 11 is 12.1. The summed E-state index contributed by atoms with van der Waals surface area (Å²) < 4.78 is 5.58. The van der Waals surface area contributed by atoms with E-state index in [1.807, 2.05) is 0 Å². The molecule has 1 heterocycles. The fraction of sp³-hybridized carbons (Fsp3) is 0.444. The van der Waals surface area contributed by atoms with Crippen LogP contribution in [-0.2, 0) is 0 Å². The summed E-state index contributed by atoms with van der Waals surface area (Å²) in [6.07, 6.45) is 2.09. The number of Topliss-reactive ketones (excluding diaryl/α,β-unsaturated/α-hetero) is 1. The molecule has 0 bridgehead atoms. The molecule has 25 heavy (non-hydrogen) atoms. The summed E-state index contributed by atoms with van der Waals surface area (Å²) in [4.78, 5) is 25.5. The van der Waals surface area contributed by atoms with Gasteiger partial charge in [-0.1, -0.05) is 35.9 Å². The van der Waals surface area contributed by atoms with Crippen molar-refractivity contribution < 1.29 is 19.4 Å². The monoisotopic (exact) mass is 383 g/mol. The molecule has 1 saturated carbocycles. The summed E-state index contributed by atoms with van der Waals surface area (Å²) in [5.74, 6) is 0.724. The van der Waals surface area contributed by atoms with Gasteiger partial charge in [0.15, 0.2) is 5.78 Å². The Morgan fingerprint density at radius 2 is 1.84 bits per heavy atom. The smallest absolute Gasteiger partial charge is 0.407 e. The molecule has 3 rings (SSSR count). The quantitative estimate of drug-likeness (QED) is 0.605. The van der Waals surface area contributed by atoms with Crippen molar-refractivity contribution in [2.24, 2.45) is 17.8 Å². The normalized spacial score (nSPS) is 24.9. The Kier molecular flexibility index (Phi) is 5.25. The first-order chi connectivity index (χ1) is 11.9.